The first-order valence-corrected chi connectivity index (χ1v) is 6.75. The number of nitrogens with zero attached hydrogens (tertiary/aromatic N) is 1. The van der Waals surface area contributed by atoms with Crippen LogP contribution in [-0.2, 0) is 11.2 Å². The normalized spacial score (nSPS) is 21.1. The van der Waals surface area contributed by atoms with Gasteiger partial charge in [0.25, 0.3) is 0 Å². The maximum absolute atomic E-state index is 12.8. The lowest BCUT2D eigenvalue weighted by atomic mass is 10.0. The minimum atomic E-state index is -4.31. The second-order valence-corrected chi connectivity index (χ2v) is 5.43. The van der Waals surface area contributed by atoms with Gasteiger partial charge in [-0.3, -0.25) is 4.79 Å². The summed E-state index contributed by atoms with van der Waals surface area (Å²) in [5.41, 5.74) is 0. The van der Waals surface area contributed by atoms with E-state index in [0.29, 0.717) is 12.8 Å². The Morgan fingerprint density at radius 2 is 2.22 bits per heavy atom. The summed E-state index contributed by atoms with van der Waals surface area (Å²) < 4.78 is 38.5. The molecule has 0 N–H and O–H groups in total. The molecule has 1 aromatic rings. The van der Waals surface area contributed by atoms with E-state index >= 15 is 0 Å². The molecule has 1 aliphatic rings. The Hall–Kier alpha value is -1.04. The number of thiophene rings is 1. The van der Waals surface area contributed by atoms with Crippen LogP contribution in [-0.4, -0.2) is 29.6 Å². The highest BCUT2D eigenvalue weighted by atomic mass is 32.1. The van der Waals surface area contributed by atoms with E-state index < -0.39 is 18.1 Å². The molecule has 1 aliphatic heterocycles. The van der Waals surface area contributed by atoms with Crippen LogP contribution in [0.15, 0.2) is 17.5 Å². The zero-order valence-electron chi connectivity index (χ0n) is 9.74. The molecule has 0 saturated carbocycles. The number of carbonyl (C=O) groups excluding carboxylic acids is 1. The van der Waals surface area contributed by atoms with Crippen molar-refractivity contribution in [2.75, 3.05) is 6.54 Å². The van der Waals surface area contributed by atoms with E-state index in [4.69, 9.17) is 0 Å². The Morgan fingerprint density at radius 3 is 2.83 bits per heavy atom. The van der Waals surface area contributed by atoms with Crippen molar-refractivity contribution in [3.63, 3.8) is 0 Å². The predicted molar refractivity (Wildman–Crippen MR) is 63.4 cm³/mol. The van der Waals surface area contributed by atoms with E-state index in [0.717, 1.165) is 9.78 Å². The molecule has 1 amide bonds. The lowest BCUT2D eigenvalue weighted by molar-refractivity contribution is -0.195. The molecule has 2 nitrogen and oxygen atoms in total. The number of amides is 1. The smallest absolute Gasteiger partial charge is 0.330 e. The maximum Gasteiger partial charge on any atom is 0.408 e. The highest BCUT2D eigenvalue weighted by molar-refractivity contribution is 7.10. The van der Waals surface area contributed by atoms with Gasteiger partial charge in [0.1, 0.15) is 6.04 Å². The second kappa shape index (κ2) is 5.30. The first-order valence-electron chi connectivity index (χ1n) is 5.87. The van der Waals surface area contributed by atoms with Gasteiger partial charge in [0.2, 0.25) is 5.91 Å². The molecule has 0 radical (unpaired) electrons. The zero-order valence-corrected chi connectivity index (χ0v) is 10.6. The molecule has 1 aromatic heterocycles. The third-order valence-corrected chi connectivity index (χ3v) is 3.98. The minimum Gasteiger partial charge on any atom is -0.330 e. The first-order chi connectivity index (χ1) is 8.48. The van der Waals surface area contributed by atoms with Gasteiger partial charge >= 0.3 is 6.18 Å². The van der Waals surface area contributed by atoms with Crippen molar-refractivity contribution >= 4 is 17.2 Å². The van der Waals surface area contributed by atoms with E-state index in [2.05, 4.69) is 0 Å². The molecule has 1 saturated heterocycles. The van der Waals surface area contributed by atoms with Crippen LogP contribution in [0.25, 0.3) is 0 Å². The molecular formula is C12H14F3NOS. The number of hydrogen-bond acceptors (Lipinski definition) is 2. The number of likely N-dealkylation sites (tertiary alicyclic amines) is 1. The fourth-order valence-corrected chi connectivity index (χ4v) is 2.93. The molecule has 0 aliphatic carbocycles. The van der Waals surface area contributed by atoms with Crippen molar-refractivity contribution in [2.24, 2.45) is 0 Å². The summed E-state index contributed by atoms with van der Waals surface area (Å²) in [5.74, 6) is -0.417. The van der Waals surface area contributed by atoms with Gasteiger partial charge in [0.15, 0.2) is 0 Å². The van der Waals surface area contributed by atoms with Crippen LogP contribution in [0.5, 0.6) is 0 Å². The van der Waals surface area contributed by atoms with E-state index in [9.17, 15) is 18.0 Å². The van der Waals surface area contributed by atoms with Gasteiger partial charge in [-0.25, -0.2) is 0 Å². The minimum absolute atomic E-state index is 0.0275. The van der Waals surface area contributed by atoms with Crippen molar-refractivity contribution in [2.45, 2.75) is 37.9 Å². The van der Waals surface area contributed by atoms with Crippen LogP contribution in [0.3, 0.4) is 0 Å². The lowest BCUT2D eigenvalue weighted by Crippen LogP contribution is -2.51. The van der Waals surface area contributed by atoms with Gasteiger partial charge in [0.05, 0.1) is 6.42 Å². The van der Waals surface area contributed by atoms with E-state index in [1.165, 1.54) is 11.3 Å². The molecule has 100 valence electrons. The van der Waals surface area contributed by atoms with Gasteiger partial charge in [0, 0.05) is 11.4 Å². The Kier molecular flexibility index (Phi) is 3.94. The average molecular weight is 277 g/mol. The van der Waals surface area contributed by atoms with Crippen molar-refractivity contribution in [1.82, 2.24) is 4.90 Å². The quantitative estimate of drug-likeness (QED) is 0.812. The molecule has 2 heterocycles. The SMILES string of the molecule is O=C(Cc1cccs1)N1CCCC[C@@H]1C(F)(F)F. The van der Waals surface area contributed by atoms with Crippen molar-refractivity contribution in [1.29, 1.82) is 0 Å². The van der Waals surface area contributed by atoms with E-state index in [1.807, 2.05) is 5.38 Å². The topological polar surface area (TPSA) is 20.3 Å². The number of halogens is 3. The predicted octanol–water partition coefficient (Wildman–Crippen LogP) is 3.23. The van der Waals surface area contributed by atoms with Crippen LogP contribution in [0.1, 0.15) is 24.1 Å². The number of piperidine rings is 1. The van der Waals surface area contributed by atoms with Crippen LogP contribution in [0.4, 0.5) is 13.2 Å². The van der Waals surface area contributed by atoms with Gasteiger partial charge < -0.3 is 4.90 Å². The molecule has 2 rings (SSSR count). The molecule has 18 heavy (non-hydrogen) atoms. The van der Waals surface area contributed by atoms with Crippen LogP contribution in [0, 0.1) is 0 Å². The lowest BCUT2D eigenvalue weighted by Gasteiger charge is -2.36. The molecule has 0 bridgehead atoms. The molecule has 0 unspecified atom stereocenters. The standard InChI is InChI=1S/C12H14F3NOS/c13-12(14,15)10-5-1-2-6-16(10)11(17)8-9-4-3-7-18-9/h3-4,7,10H,1-2,5-6,8H2/t10-/m1/s1. The Labute approximate surface area is 107 Å². The molecule has 0 aromatic carbocycles. The summed E-state index contributed by atoms with van der Waals surface area (Å²) >= 11 is 1.40. The highest BCUT2D eigenvalue weighted by Gasteiger charge is 2.46. The summed E-state index contributed by atoms with van der Waals surface area (Å²) in [4.78, 5) is 13.8. The van der Waals surface area contributed by atoms with Crippen LogP contribution >= 0.6 is 11.3 Å². The number of rotatable bonds is 2. The largest absolute Gasteiger partial charge is 0.408 e. The molecule has 1 atom stereocenters. The summed E-state index contributed by atoms with van der Waals surface area (Å²) in [6, 6.07) is 1.97. The van der Waals surface area contributed by atoms with E-state index in [-0.39, 0.29) is 19.4 Å². The number of hydrogen-bond donors (Lipinski definition) is 0. The third-order valence-electron chi connectivity index (χ3n) is 3.11. The second-order valence-electron chi connectivity index (χ2n) is 4.40. The Bertz CT molecular complexity index is 402. The van der Waals surface area contributed by atoms with Gasteiger partial charge in [-0.05, 0) is 30.7 Å². The van der Waals surface area contributed by atoms with Crippen LogP contribution < -0.4 is 0 Å². The molecule has 6 heteroatoms. The maximum atomic E-state index is 12.8. The summed E-state index contributed by atoms with van der Waals surface area (Å²) in [5, 5.41) is 1.82. The highest BCUT2D eigenvalue weighted by Crippen LogP contribution is 2.32. The van der Waals surface area contributed by atoms with Crippen LogP contribution in [0.2, 0.25) is 0 Å². The van der Waals surface area contributed by atoms with Gasteiger partial charge in [-0.2, -0.15) is 13.2 Å². The average Bonchev–Trinajstić information content (AvgIpc) is 2.80. The molecule has 1 fully saturated rings. The van der Waals surface area contributed by atoms with Crippen molar-refractivity contribution < 1.29 is 18.0 Å². The van der Waals surface area contributed by atoms with Crippen molar-refractivity contribution in [3.05, 3.63) is 22.4 Å². The van der Waals surface area contributed by atoms with Gasteiger partial charge in [-0.15, -0.1) is 11.3 Å². The first kappa shape index (κ1) is 13.4. The van der Waals surface area contributed by atoms with Gasteiger partial charge in [-0.1, -0.05) is 6.07 Å². The molecule has 0 spiro atoms. The third kappa shape index (κ3) is 3.04. The summed E-state index contributed by atoms with van der Waals surface area (Å²) in [6.07, 6.45) is -3.02. The summed E-state index contributed by atoms with van der Waals surface area (Å²) in [7, 11) is 0. The Morgan fingerprint density at radius 1 is 1.44 bits per heavy atom. The fraction of sp³-hybridized carbons (Fsp3) is 0.583. The fourth-order valence-electron chi connectivity index (χ4n) is 2.23. The molecular weight excluding hydrogens is 263 g/mol. The summed E-state index contributed by atoms with van der Waals surface area (Å²) in [6.45, 7) is 0.217. The number of carbonyl (C=O) groups is 1. The Balaban J connectivity index is 2.06. The zero-order chi connectivity index (χ0) is 13.2. The monoisotopic (exact) mass is 277 g/mol. The van der Waals surface area contributed by atoms with Crippen molar-refractivity contribution in [3.8, 4) is 0 Å². The van der Waals surface area contributed by atoms with E-state index in [1.54, 1.807) is 12.1 Å². The number of alkyl halides is 3.